The van der Waals surface area contributed by atoms with Gasteiger partial charge in [-0.1, -0.05) is 13.8 Å². The normalized spacial score (nSPS) is 11.9. The zero-order chi connectivity index (χ0) is 11.1. The van der Waals surface area contributed by atoms with Crippen molar-refractivity contribution in [2.45, 2.75) is 38.0 Å². The van der Waals surface area contributed by atoms with Gasteiger partial charge in [0.05, 0.1) is 5.51 Å². The summed E-state index contributed by atoms with van der Waals surface area (Å²) in [6.45, 7) is 6.58. The lowest BCUT2D eigenvalue weighted by atomic mass is 10.0. The first-order chi connectivity index (χ1) is 7.26. The number of hydrogen-bond acceptors (Lipinski definition) is 4. The third-order valence-electron chi connectivity index (χ3n) is 2.95. The highest BCUT2D eigenvalue weighted by atomic mass is 32.2. The van der Waals surface area contributed by atoms with Crippen molar-refractivity contribution in [2.24, 2.45) is 0 Å². The van der Waals surface area contributed by atoms with Crippen LogP contribution in [0.4, 0.5) is 0 Å². The lowest BCUT2D eigenvalue weighted by Crippen LogP contribution is -2.36. The number of thioether (sulfide) groups is 1. The van der Waals surface area contributed by atoms with Crippen LogP contribution >= 0.6 is 23.1 Å². The number of nitrogens with zero attached hydrogens (tertiary/aromatic N) is 1. The van der Waals surface area contributed by atoms with Crippen LogP contribution in [-0.2, 0) is 6.54 Å². The molecule has 1 aromatic heterocycles. The number of rotatable bonds is 7. The zero-order valence-electron chi connectivity index (χ0n) is 9.75. The van der Waals surface area contributed by atoms with E-state index in [1.54, 1.807) is 11.3 Å². The van der Waals surface area contributed by atoms with Crippen LogP contribution in [0.5, 0.6) is 0 Å². The second kappa shape index (κ2) is 6.51. The minimum atomic E-state index is 0.407. The fourth-order valence-electron chi connectivity index (χ4n) is 1.60. The lowest BCUT2D eigenvalue weighted by Gasteiger charge is -2.29. The highest BCUT2D eigenvalue weighted by molar-refractivity contribution is 8.00. The van der Waals surface area contributed by atoms with E-state index in [1.165, 1.54) is 17.7 Å². The second-order valence-corrected chi connectivity index (χ2v) is 5.91. The van der Waals surface area contributed by atoms with Gasteiger partial charge in [-0.2, -0.15) is 11.8 Å². The van der Waals surface area contributed by atoms with Gasteiger partial charge in [0.1, 0.15) is 0 Å². The van der Waals surface area contributed by atoms with E-state index in [2.05, 4.69) is 30.4 Å². The number of nitrogens with one attached hydrogen (secondary N) is 1. The Bertz CT molecular complexity index is 247. The Labute approximate surface area is 101 Å². The van der Waals surface area contributed by atoms with Gasteiger partial charge in [0.2, 0.25) is 0 Å². The molecule has 1 N–H and O–H groups in total. The van der Waals surface area contributed by atoms with Crippen LogP contribution in [0.25, 0.3) is 0 Å². The first-order valence-corrected chi connectivity index (χ1v) is 7.50. The van der Waals surface area contributed by atoms with Crippen LogP contribution in [0.2, 0.25) is 0 Å². The van der Waals surface area contributed by atoms with Crippen molar-refractivity contribution >= 4 is 23.1 Å². The summed E-state index contributed by atoms with van der Waals surface area (Å²) in [5.41, 5.74) is 1.89. The van der Waals surface area contributed by atoms with Gasteiger partial charge in [-0.3, -0.25) is 4.98 Å². The Balaban J connectivity index is 2.34. The molecule has 0 aliphatic heterocycles. The van der Waals surface area contributed by atoms with Crippen LogP contribution in [0.15, 0.2) is 11.7 Å². The smallest absolute Gasteiger partial charge is 0.0794 e. The third kappa shape index (κ3) is 3.78. The summed E-state index contributed by atoms with van der Waals surface area (Å²) in [7, 11) is 0. The standard InChI is InChI=1S/C11H20N2S2/c1-4-11(5-2,14-3)8-12-6-10-7-13-9-15-10/h7,9,12H,4-6,8H2,1-3H3. The van der Waals surface area contributed by atoms with Gasteiger partial charge in [-0.15, -0.1) is 11.3 Å². The molecule has 0 aliphatic rings. The van der Waals surface area contributed by atoms with Crippen LogP contribution in [0.1, 0.15) is 31.6 Å². The monoisotopic (exact) mass is 244 g/mol. The summed E-state index contributed by atoms with van der Waals surface area (Å²) in [5.74, 6) is 0. The molecule has 1 heterocycles. The maximum absolute atomic E-state index is 4.07. The summed E-state index contributed by atoms with van der Waals surface area (Å²) < 4.78 is 0.407. The molecule has 0 aliphatic carbocycles. The molecule has 0 saturated heterocycles. The minimum absolute atomic E-state index is 0.407. The average Bonchev–Trinajstić information content (AvgIpc) is 2.78. The molecule has 15 heavy (non-hydrogen) atoms. The molecule has 0 spiro atoms. The van der Waals surface area contributed by atoms with E-state index in [9.17, 15) is 0 Å². The first-order valence-electron chi connectivity index (χ1n) is 5.39. The van der Waals surface area contributed by atoms with Gasteiger partial charge >= 0.3 is 0 Å². The number of aromatic nitrogens is 1. The zero-order valence-corrected chi connectivity index (χ0v) is 11.4. The molecular formula is C11H20N2S2. The quantitative estimate of drug-likeness (QED) is 0.797. The van der Waals surface area contributed by atoms with Crippen molar-refractivity contribution in [1.82, 2.24) is 10.3 Å². The average molecular weight is 244 g/mol. The predicted octanol–water partition coefficient (Wildman–Crippen LogP) is 3.15. The fraction of sp³-hybridized carbons (Fsp3) is 0.727. The van der Waals surface area contributed by atoms with Gasteiger partial charge in [0.15, 0.2) is 0 Å². The maximum Gasteiger partial charge on any atom is 0.0794 e. The molecule has 1 aromatic rings. The molecule has 0 unspecified atom stereocenters. The van der Waals surface area contributed by atoms with Gasteiger partial charge in [-0.25, -0.2) is 0 Å². The molecule has 4 heteroatoms. The SMILES string of the molecule is CCC(CC)(CNCc1cncs1)SC. The molecular weight excluding hydrogens is 224 g/mol. The lowest BCUT2D eigenvalue weighted by molar-refractivity contribution is 0.496. The Morgan fingerprint density at radius 1 is 1.47 bits per heavy atom. The van der Waals surface area contributed by atoms with Crippen LogP contribution in [0, 0.1) is 0 Å². The van der Waals surface area contributed by atoms with Gasteiger partial charge in [0.25, 0.3) is 0 Å². The second-order valence-electron chi connectivity index (χ2n) is 3.67. The molecule has 0 atom stereocenters. The van der Waals surface area contributed by atoms with Crippen LogP contribution < -0.4 is 5.32 Å². The summed E-state index contributed by atoms with van der Waals surface area (Å²) in [6.07, 6.45) is 6.60. The van der Waals surface area contributed by atoms with Crippen molar-refractivity contribution < 1.29 is 0 Å². The largest absolute Gasteiger partial charge is 0.310 e. The van der Waals surface area contributed by atoms with Crippen molar-refractivity contribution in [1.29, 1.82) is 0 Å². The predicted molar refractivity (Wildman–Crippen MR) is 70.6 cm³/mol. The third-order valence-corrected chi connectivity index (χ3v) is 5.32. The number of thiazole rings is 1. The first kappa shape index (κ1) is 13.0. The molecule has 0 fully saturated rings. The van der Waals surface area contributed by atoms with Gasteiger partial charge < -0.3 is 5.32 Å². The van der Waals surface area contributed by atoms with E-state index in [0.717, 1.165) is 13.1 Å². The number of hydrogen-bond donors (Lipinski definition) is 1. The van der Waals surface area contributed by atoms with E-state index < -0.39 is 0 Å². The molecule has 0 aromatic carbocycles. The highest BCUT2D eigenvalue weighted by Crippen LogP contribution is 2.29. The summed E-state index contributed by atoms with van der Waals surface area (Å²) in [4.78, 5) is 5.39. The molecule has 0 saturated carbocycles. The van der Waals surface area contributed by atoms with E-state index >= 15 is 0 Å². The topological polar surface area (TPSA) is 24.9 Å². The molecule has 0 bridgehead atoms. The van der Waals surface area contributed by atoms with E-state index in [0.29, 0.717) is 4.75 Å². The Morgan fingerprint density at radius 3 is 2.67 bits per heavy atom. The van der Waals surface area contributed by atoms with Crippen molar-refractivity contribution in [3.05, 3.63) is 16.6 Å². The van der Waals surface area contributed by atoms with Crippen molar-refractivity contribution in [2.75, 3.05) is 12.8 Å². The van der Waals surface area contributed by atoms with E-state index in [4.69, 9.17) is 0 Å². The van der Waals surface area contributed by atoms with E-state index in [1.807, 2.05) is 23.5 Å². The molecule has 0 radical (unpaired) electrons. The Hall–Kier alpha value is -0.0600. The summed E-state index contributed by atoms with van der Waals surface area (Å²) in [6, 6.07) is 0. The molecule has 1 rings (SSSR count). The van der Waals surface area contributed by atoms with E-state index in [-0.39, 0.29) is 0 Å². The van der Waals surface area contributed by atoms with Gasteiger partial charge in [-0.05, 0) is 19.1 Å². The van der Waals surface area contributed by atoms with Gasteiger partial charge in [0, 0.05) is 28.9 Å². The van der Waals surface area contributed by atoms with Crippen molar-refractivity contribution in [3.63, 3.8) is 0 Å². The fourth-order valence-corrected chi connectivity index (χ4v) is 2.99. The molecule has 86 valence electrons. The van der Waals surface area contributed by atoms with Crippen molar-refractivity contribution in [3.8, 4) is 0 Å². The summed E-state index contributed by atoms with van der Waals surface area (Å²) in [5, 5.41) is 3.53. The van der Waals surface area contributed by atoms with Crippen LogP contribution in [-0.4, -0.2) is 22.5 Å². The summed E-state index contributed by atoms with van der Waals surface area (Å²) >= 11 is 3.70. The highest BCUT2D eigenvalue weighted by Gasteiger charge is 2.23. The molecule has 2 nitrogen and oxygen atoms in total. The Morgan fingerprint density at radius 2 is 2.20 bits per heavy atom. The molecule has 0 amide bonds. The maximum atomic E-state index is 4.07. The Kier molecular flexibility index (Phi) is 5.64. The van der Waals surface area contributed by atoms with Crippen LogP contribution in [0.3, 0.4) is 0 Å². The minimum Gasteiger partial charge on any atom is -0.310 e.